The molecule has 0 aliphatic carbocycles. The fourth-order valence-electron chi connectivity index (χ4n) is 2.90. The second-order valence-corrected chi connectivity index (χ2v) is 7.35. The summed E-state index contributed by atoms with van der Waals surface area (Å²) in [6.07, 6.45) is 5.50. The minimum atomic E-state index is -0.644. The van der Waals surface area contributed by atoms with Gasteiger partial charge in [0.05, 0.1) is 0 Å². The van der Waals surface area contributed by atoms with Crippen LogP contribution in [0.5, 0.6) is 11.5 Å². The first kappa shape index (κ1) is 25.7. The van der Waals surface area contributed by atoms with Crippen molar-refractivity contribution >= 4 is 11.9 Å². The third-order valence-corrected chi connectivity index (χ3v) is 4.72. The van der Waals surface area contributed by atoms with E-state index in [4.69, 9.17) is 14.2 Å². The second-order valence-electron chi connectivity index (χ2n) is 7.35. The standard InChI is InChI=1S/C29H23FO6/c1-4-28(31)35-17-16-34-27-14-11-24(19-26(27)30)23-7-5-21(6-8-23)22-9-12-25(13-10-22)33-15-18-36-29(32)20(2)3/h4-19H,1-2H2,3H3. The van der Waals surface area contributed by atoms with Gasteiger partial charge in [-0.25, -0.2) is 14.0 Å². The monoisotopic (exact) mass is 486 g/mol. The molecule has 0 fully saturated rings. The van der Waals surface area contributed by atoms with E-state index in [-0.39, 0.29) is 5.75 Å². The summed E-state index contributed by atoms with van der Waals surface area (Å²) in [7, 11) is 0. The summed E-state index contributed by atoms with van der Waals surface area (Å²) in [6, 6.07) is 19.6. The minimum Gasteiger partial charge on any atom is -0.462 e. The molecule has 0 atom stereocenters. The predicted octanol–water partition coefficient (Wildman–Crippen LogP) is 6.71. The van der Waals surface area contributed by atoms with Gasteiger partial charge in [-0.1, -0.05) is 55.6 Å². The molecule has 3 rings (SSSR count). The highest BCUT2D eigenvalue weighted by atomic mass is 19.1. The summed E-state index contributed by atoms with van der Waals surface area (Å²) in [5, 5.41) is 0. The van der Waals surface area contributed by atoms with Crippen LogP contribution in [0.4, 0.5) is 4.39 Å². The second kappa shape index (κ2) is 12.5. The lowest BCUT2D eigenvalue weighted by Crippen LogP contribution is -1.99. The van der Waals surface area contributed by atoms with E-state index in [9.17, 15) is 14.0 Å². The number of esters is 2. The van der Waals surface area contributed by atoms with E-state index in [1.807, 2.05) is 36.4 Å². The van der Waals surface area contributed by atoms with Gasteiger partial charge in [0.1, 0.15) is 30.8 Å². The minimum absolute atomic E-state index is 0.00703. The summed E-state index contributed by atoms with van der Waals surface area (Å²) >= 11 is 0. The van der Waals surface area contributed by atoms with Crippen molar-refractivity contribution in [2.45, 2.75) is 6.92 Å². The van der Waals surface area contributed by atoms with Gasteiger partial charge in [0.25, 0.3) is 0 Å². The molecule has 6 nitrogen and oxygen atoms in total. The maximum atomic E-state index is 14.4. The van der Waals surface area contributed by atoms with Crippen LogP contribution in [-0.2, 0) is 19.1 Å². The maximum absolute atomic E-state index is 14.4. The molecule has 3 aromatic rings. The summed E-state index contributed by atoms with van der Waals surface area (Å²) in [5.41, 5.74) is 3.73. The molecule has 0 radical (unpaired) electrons. The molecule has 0 heterocycles. The van der Waals surface area contributed by atoms with Crippen LogP contribution < -0.4 is 9.47 Å². The predicted molar refractivity (Wildman–Crippen MR) is 134 cm³/mol. The van der Waals surface area contributed by atoms with E-state index in [0.29, 0.717) is 16.9 Å². The molecule has 0 aliphatic rings. The topological polar surface area (TPSA) is 71.1 Å². The largest absolute Gasteiger partial charge is 0.462 e. The summed E-state index contributed by atoms with van der Waals surface area (Å²) < 4.78 is 34.4. The Morgan fingerprint density at radius 1 is 0.750 bits per heavy atom. The average molecular weight is 486 g/mol. The highest BCUT2D eigenvalue weighted by Gasteiger charge is 2.07. The van der Waals surface area contributed by atoms with Gasteiger partial charge in [0.15, 0.2) is 11.6 Å². The van der Waals surface area contributed by atoms with Crippen molar-refractivity contribution in [3.8, 4) is 33.8 Å². The van der Waals surface area contributed by atoms with Crippen molar-refractivity contribution in [3.05, 3.63) is 122 Å². The summed E-state index contributed by atoms with van der Waals surface area (Å²) in [5.74, 6) is -1.16. The van der Waals surface area contributed by atoms with Crippen LogP contribution in [0, 0.1) is 5.82 Å². The van der Waals surface area contributed by atoms with Gasteiger partial charge < -0.3 is 18.9 Å². The molecule has 0 aliphatic heterocycles. The molecule has 0 unspecified atom stereocenters. The van der Waals surface area contributed by atoms with Crippen molar-refractivity contribution in [2.75, 3.05) is 0 Å². The molecule has 182 valence electrons. The van der Waals surface area contributed by atoms with Gasteiger partial charge in [-0.3, -0.25) is 0 Å². The zero-order chi connectivity index (χ0) is 25.9. The molecule has 0 N–H and O–H groups in total. The Hall–Kier alpha value is -4.91. The van der Waals surface area contributed by atoms with Gasteiger partial charge in [0, 0.05) is 11.6 Å². The lowest BCUT2D eigenvalue weighted by atomic mass is 10.00. The number of hydrogen-bond donors (Lipinski definition) is 0. The van der Waals surface area contributed by atoms with Crippen LogP contribution in [0.15, 0.2) is 117 Å². The third kappa shape index (κ3) is 7.30. The lowest BCUT2D eigenvalue weighted by Gasteiger charge is -2.08. The molecular formula is C29H23FO6. The van der Waals surface area contributed by atoms with Crippen LogP contribution in [0.3, 0.4) is 0 Å². The van der Waals surface area contributed by atoms with E-state index in [2.05, 4.69) is 17.9 Å². The van der Waals surface area contributed by atoms with Gasteiger partial charge in [0.2, 0.25) is 0 Å². The molecular weight excluding hydrogens is 463 g/mol. The number of ether oxygens (including phenoxy) is 4. The maximum Gasteiger partial charge on any atom is 0.338 e. The lowest BCUT2D eigenvalue weighted by molar-refractivity contribution is -0.134. The fraction of sp³-hybridized carbons (Fsp3) is 0.0345. The Balaban J connectivity index is 1.60. The van der Waals surface area contributed by atoms with Crippen LogP contribution in [0.1, 0.15) is 6.92 Å². The Morgan fingerprint density at radius 2 is 1.28 bits per heavy atom. The van der Waals surface area contributed by atoms with Gasteiger partial charge in [-0.15, -0.1) is 0 Å². The Bertz CT molecular complexity index is 1300. The van der Waals surface area contributed by atoms with Crippen molar-refractivity contribution < 1.29 is 32.9 Å². The van der Waals surface area contributed by atoms with Gasteiger partial charge in [-0.2, -0.15) is 0 Å². The number of benzene rings is 3. The SMILES string of the molecule is C=CC(=O)OC=COc1ccc(-c2ccc(-c3ccc(OC=COC(=O)C(=C)C)cc3)cc2)cc1F. The molecule has 0 saturated carbocycles. The Kier molecular flexibility index (Phi) is 8.94. The summed E-state index contributed by atoms with van der Waals surface area (Å²) in [6.45, 7) is 8.31. The number of rotatable bonds is 10. The molecule has 36 heavy (non-hydrogen) atoms. The van der Waals surface area contributed by atoms with Crippen LogP contribution in [0.2, 0.25) is 0 Å². The van der Waals surface area contributed by atoms with E-state index in [1.165, 1.54) is 18.4 Å². The number of hydrogen-bond acceptors (Lipinski definition) is 6. The molecule has 0 spiro atoms. The van der Waals surface area contributed by atoms with E-state index in [1.54, 1.807) is 25.1 Å². The zero-order valence-electron chi connectivity index (χ0n) is 19.5. The van der Waals surface area contributed by atoms with Crippen molar-refractivity contribution in [1.82, 2.24) is 0 Å². The van der Waals surface area contributed by atoms with Crippen LogP contribution >= 0.6 is 0 Å². The fourth-order valence-corrected chi connectivity index (χ4v) is 2.90. The number of carbonyl (C=O) groups excluding carboxylic acids is 2. The smallest absolute Gasteiger partial charge is 0.338 e. The quantitative estimate of drug-likeness (QED) is 0.180. The Labute approximate surface area is 208 Å². The molecule has 0 bridgehead atoms. The number of carbonyl (C=O) groups is 2. The highest BCUT2D eigenvalue weighted by Crippen LogP contribution is 2.29. The molecule has 3 aromatic carbocycles. The first-order chi connectivity index (χ1) is 17.4. The average Bonchev–Trinajstić information content (AvgIpc) is 2.90. The Morgan fingerprint density at radius 3 is 1.86 bits per heavy atom. The zero-order valence-corrected chi connectivity index (χ0v) is 19.5. The molecule has 0 aromatic heterocycles. The first-order valence-electron chi connectivity index (χ1n) is 10.7. The first-order valence-corrected chi connectivity index (χ1v) is 10.7. The van der Waals surface area contributed by atoms with E-state index < -0.39 is 17.8 Å². The summed E-state index contributed by atoms with van der Waals surface area (Å²) in [4.78, 5) is 22.3. The van der Waals surface area contributed by atoms with E-state index in [0.717, 1.165) is 41.6 Å². The molecule has 7 heteroatoms. The number of halogens is 1. The third-order valence-electron chi connectivity index (χ3n) is 4.72. The molecule has 0 saturated heterocycles. The van der Waals surface area contributed by atoms with E-state index >= 15 is 0 Å². The van der Waals surface area contributed by atoms with Crippen molar-refractivity contribution in [3.63, 3.8) is 0 Å². The van der Waals surface area contributed by atoms with Gasteiger partial charge in [-0.05, 0) is 53.4 Å². The normalized spacial score (nSPS) is 10.7. The van der Waals surface area contributed by atoms with Crippen LogP contribution in [0.25, 0.3) is 22.3 Å². The molecule has 0 amide bonds. The highest BCUT2D eigenvalue weighted by molar-refractivity contribution is 5.87. The van der Waals surface area contributed by atoms with Gasteiger partial charge >= 0.3 is 11.9 Å². The van der Waals surface area contributed by atoms with Crippen molar-refractivity contribution in [2.24, 2.45) is 0 Å². The van der Waals surface area contributed by atoms with Crippen LogP contribution in [-0.4, -0.2) is 11.9 Å². The van der Waals surface area contributed by atoms with Crippen molar-refractivity contribution in [1.29, 1.82) is 0 Å².